The molecule has 1 N–H and O–H groups in total. The first kappa shape index (κ1) is 17.9. The largest absolute Gasteiger partial charge is 0.497 e. The summed E-state index contributed by atoms with van der Waals surface area (Å²) in [4.78, 5) is 26.7. The van der Waals surface area contributed by atoms with Gasteiger partial charge < -0.3 is 9.30 Å². The number of amides is 1. The molecule has 8 heteroatoms. The van der Waals surface area contributed by atoms with E-state index in [4.69, 9.17) is 4.74 Å². The number of aryl methyl sites for hydroxylation is 1. The Morgan fingerprint density at radius 1 is 1.14 bits per heavy atom. The molecule has 0 aliphatic heterocycles. The molecule has 0 radical (unpaired) electrons. The molecule has 0 fully saturated rings. The maximum absolute atomic E-state index is 12.6. The molecule has 0 saturated carbocycles. The van der Waals surface area contributed by atoms with Crippen LogP contribution in [0.4, 0.5) is 5.13 Å². The maximum Gasteiger partial charge on any atom is 0.276 e. The van der Waals surface area contributed by atoms with Gasteiger partial charge in [-0.1, -0.05) is 41.7 Å². The van der Waals surface area contributed by atoms with Crippen LogP contribution < -0.4 is 10.1 Å². The SMILES string of the molecule is COc1ccnc(C(=O)Nc2nc(-c3ccccc3)c(-c3nccn3C)s2)c1. The molecule has 0 spiro atoms. The first-order valence-corrected chi connectivity index (χ1v) is 9.32. The lowest BCUT2D eigenvalue weighted by molar-refractivity contribution is 0.102. The Labute approximate surface area is 165 Å². The third-order valence-corrected chi connectivity index (χ3v) is 5.09. The Balaban J connectivity index is 1.71. The second kappa shape index (κ2) is 7.61. The number of imidazole rings is 1. The number of pyridine rings is 1. The van der Waals surface area contributed by atoms with E-state index in [1.165, 1.54) is 17.5 Å². The zero-order valence-electron chi connectivity index (χ0n) is 15.3. The number of anilines is 1. The summed E-state index contributed by atoms with van der Waals surface area (Å²) in [6.07, 6.45) is 5.15. The third-order valence-electron chi connectivity index (χ3n) is 4.12. The monoisotopic (exact) mass is 391 g/mol. The van der Waals surface area contributed by atoms with Crippen molar-refractivity contribution in [2.45, 2.75) is 0 Å². The van der Waals surface area contributed by atoms with Gasteiger partial charge in [-0.15, -0.1) is 0 Å². The molecule has 3 aromatic heterocycles. The molecule has 1 aromatic carbocycles. The molecular weight excluding hydrogens is 374 g/mol. The molecule has 0 aliphatic rings. The Morgan fingerprint density at radius 3 is 2.68 bits per heavy atom. The minimum atomic E-state index is -0.348. The summed E-state index contributed by atoms with van der Waals surface area (Å²) in [5, 5.41) is 3.31. The highest BCUT2D eigenvalue weighted by Crippen LogP contribution is 2.38. The van der Waals surface area contributed by atoms with E-state index >= 15 is 0 Å². The molecule has 0 bridgehead atoms. The first-order valence-electron chi connectivity index (χ1n) is 8.51. The molecule has 1 amide bonds. The second-order valence-electron chi connectivity index (χ2n) is 5.96. The highest BCUT2D eigenvalue weighted by atomic mass is 32.1. The summed E-state index contributed by atoms with van der Waals surface area (Å²) in [5.74, 6) is 1.01. The van der Waals surface area contributed by atoms with Gasteiger partial charge in [-0.3, -0.25) is 15.1 Å². The van der Waals surface area contributed by atoms with Gasteiger partial charge in [0.15, 0.2) is 11.0 Å². The molecular formula is C20H17N5O2S. The topological polar surface area (TPSA) is 81.9 Å². The minimum Gasteiger partial charge on any atom is -0.497 e. The molecule has 3 heterocycles. The number of carbonyl (C=O) groups excluding carboxylic acids is 1. The first-order chi connectivity index (χ1) is 13.7. The van der Waals surface area contributed by atoms with Crippen LogP contribution in [0.2, 0.25) is 0 Å². The summed E-state index contributed by atoms with van der Waals surface area (Å²) in [7, 11) is 3.47. The lowest BCUT2D eigenvalue weighted by Crippen LogP contribution is -2.13. The fourth-order valence-electron chi connectivity index (χ4n) is 2.72. The summed E-state index contributed by atoms with van der Waals surface area (Å²) in [5.41, 5.74) is 1.99. The molecule has 0 unspecified atom stereocenters. The number of thiazole rings is 1. The predicted molar refractivity (Wildman–Crippen MR) is 108 cm³/mol. The van der Waals surface area contributed by atoms with Crippen LogP contribution in [0.15, 0.2) is 61.1 Å². The van der Waals surface area contributed by atoms with Gasteiger partial charge in [0.2, 0.25) is 0 Å². The summed E-state index contributed by atoms with van der Waals surface area (Å²) in [6.45, 7) is 0. The molecule has 0 aliphatic carbocycles. The zero-order chi connectivity index (χ0) is 19.5. The van der Waals surface area contributed by atoms with Crippen LogP contribution in [0.1, 0.15) is 10.5 Å². The number of hydrogen-bond acceptors (Lipinski definition) is 6. The van der Waals surface area contributed by atoms with Crippen molar-refractivity contribution in [3.63, 3.8) is 0 Å². The summed E-state index contributed by atoms with van der Waals surface area (Å²) in [6, 6.07) is 13.1. The van der Waals surface area contributed by atoms with Crippen molar-refractivity contribution in [1.29, 1.82) is 0 Å². The van der Waals surface area contributed by atoms with E-state index in [1.54, 1.807) is 25.4 Å². The number of hydrogen-bond donors (Lipinski definition) is 1. The average molecular weight is 391 g/mol. The van der Waals surface area contributed by atoms with Crippen molar-refractivity contribution in [2.24, 2.45) is 7.05 Å². The van der Waals surface area contributed by atoms with E-state index in [0.29, 0.717) is 10.9 Å². The number of aromatic nitrogens is 4. The smallest absolute Gasteiger partial charge is 0.276 e. The predicted octanol–water partition coefficient (Wildman–Crippen LogP) is 3.87. The van der Waals surface area contributed by atoms with Gasteiger partial charge in [-0.25, -0.2) is 9.97 Å². The fourth-order valence-corrected chi connectivity index (χ4v) is 3.75. The summed E-state index contributed by atoms with van der Waals surface area (Å²) < 4.78 is 7.08. The number of methoxy groups -OCH3 is 1. The van der Waals surface area contributed by atoms with Crippen molar-refractivity contribution < 1.29 is 9.53 Å². The fraction of sp³-hybridized carbons (Fsp3) is 0.100. The number of rotatable bonds is 5. The van der Waals surface area contributed by atoms with E-state index < -0.39 is 0 Å². The molecule has 7 nitrogen and oxygen atoms in total. The molecule has 140 valence electrons. The molecule has 4 rings (SSSR count). The van der Waals surface area contributed by atoms with E-state index in [0.717, 1.165) is 22.0 Å². The second-order valence-corrected chi connectivity index (χ2v) is 6.96. The van der Waals surface area contributed by atoms with Crippen LogP contribution >= 0.6 is 11.3 Å². The lowest BCUT2D eigenvalue weighted by Gasteiger charge is -2.03. The normalized spacial score (nSPS) is 10.6. The van der Waals surface area contributed by atoms with E-state index in [2.05, 4.69) is 20.3 Å². The van der Waals surface area contributed by atoms with E-state index in [1.807, 2.05) is 48.1 Å². The zero-order valence-corrected chi connectivity index (χ0v) is 16.1. The molecule has 0 saturated heterocycles. The van der Waals surface area contributed by atoms with Gasteiger partial charge in [0.1, 0.15) is 11.4 Å². The molecule has 4 aromatic rings. The highest BCUT2D eigenvalue weighted by Gasteiger charge is 2.20. The lowest BCUT2D eigenvalue weighted by atomic mass is 10.1. The number of benzene rings is 1. The number of nitrogens with one attached hydrogen (secondary N) is 1. The van der Waals surface area contributed by atoms with E-state index in [-0.39, 0.29) is 11.6 Å². The van der Waals surface area contributed by atoms with Crippen molar-refractivity contribution >= 4 is 22.4 Å². The van der Waals surface area contributed by atoms with Gasteiger partial charge in [-0.05, 0) is 6.07 Å². The quantitative estimate of drug-likeness (QED) is 0.558. The van der Waals surface area contributed by atoms with Crippen LogP contribution in [-0.4, -0.2) is 32.5 Å². The van der Waals surface area contributed by atoms with Crippen LogP contribution in [0, 0.1) is 0 Å². The Hall–Kier alpha value is -3.52. The van der Waals surface area contributed by atoms with Crippen molar-refractivity contribution in [3.05, 3.63) is 66.7 Å². The Bertz CT molecular complexity index is 1120. The molecule has 0 atom stereocenters. The van der Waals surface area contributed by atoms with Gasteiger partial charge in [0.25, 0.3) is 5.91 Å². The minimum absolute atomic E-state index is 0.259. The Morgan fingerprint density at radius 2 is 1.96 bits per heavy atom. The average Bonchev–Trinajstić information content (AvgIpc) is 3.34. The van der Waals surface area contributed by atoms with Gasteiger partial charge >= 0.3 is 0 Å². The molecule has 28 heavy (non-hydrogen) atoms. The van der Waals surface area contributed by atoms with Crippen molar-refractivity contribution in [1.82, 2.24) is 19.5 Å². The number of carbonyl (C=O) groups is 1. The maximum atomic E-state index is 12.6. The summed E-state index contributed by atoms with van der Waals surface area (Å²) >= 11 is 1.37. The number of ether oxygens (including phenoxy) is 1. The van der Waals surface area contributed by atoms with Crippen molar-refractivity contribution in [3.8, 4) is 27.7 Å². The van der Waals surface area contributed by atoms with Crippen LogP contribution in [-0.2, 0) is 7.05 Å². The van der Waals surface area contributed by atoms with Crippen LogP contribution in [0.25, 0.3) is 22.0 Å². The van der Waals surface area contributed by atoms with Crippen LogP contribution in [0.3, 0.4) is 0 Å². The Kier molecular flexibility index (Phi) is 4.86. The van der Waals surface area contributed by atoms with Crippen LogP contribution in [0.5, 0.6) is 5.75 Å². The number of nitrogens with zero attached hydrogens (tertiary/aromatic N) is 4. The van der Waals surface area contributed by atoms with Gasteiger partial charge in [-0.2, -0.15) is 0 Å². The van der Waals surface area contributed by atoms with Gasteiger partial charge in [0, 0.05) is 37.3 Å². The third kappa shape index (κ3) is 3.49. The van der Waals surface area contributed by atoms with E-state index in [9.17, 15) is 4.79 Å². The van der Waals surface area contributed by atoms with Gasteiger partial charge in [0.05, 0.1) is 17.7 Å². The highest BCUT2D eigenvalue weighted by molar-refractivity contribution is 7.19. The van der Waals surface area contributed by atoms with Crippen molar-refractivity contribution in [2.75, 3.05) is 12.4 Å². The standard InChI is InChI=1S/C20H17N5O2S/c1-25-11-10-22-18(25)17-16(13-6-4-3-5-7-13)23-20(28-17)24-19(26)15-12-14(27-2)8-9-21-15/h3-12H,1-2H3,(H,23,24,26).